The molecule has 0 radical (unpaired) electrons. The number of likely N-dealkylation sites (N-methyl/N-ethyl adjacent to an activating group) is 1. The van der Waals surface area contributed by atoms with Crippen LogP contribution in [0.1, 0.15) is 6.92 Å². The van der Waals surface area contributed by atoms with E-state index in [9.17, 15) is 0 Å². The minimum Gasteiger partial charge on any atom is -0.377 e. The zero-order valence-corrected chi connectivity index (χ0v) is 5.96. The Labute approximate surface area is 55.7 Å². The third-order valence-corrected chi connectivity index (χ3v) is 1.72. The molecule has 0 aromatic carbocycles. The van der Waals surface area contributed by atoms with Crippen LogP contribution in [0.3, 0.4) is 0 Å². The number of nitrogens with zero attached hydrogens (tertiary/aromatic N) is 1. The van der Waals surface area contributed by atoms with Crippen LogP contribution in [-0.2, 0) is 0 Å². The summed E-state index contributed by atoms with van der Waals surface area (Å²) in [5.74, 6) is 0. The summed E-state index contributed by atoms with van der Waals surface area (Å²) < 4.78 is 0. The summed E-state index contributed by atoms with van der Waals surface area (Å²) in [6.07, 6.45) is -0.291. The van der Waals surface area contributed by atoms with Crippen LogP contribution in [0, 0.1) is 0 Å². The number of hydrogen-bond acceptors (Lipinski definition) is 3. The molecule has 1 saturated heterocycles. The highest BCUT2D eigenvalue weighted by Crippen LogP contribution is 1.99. The summed E-state index contributed by atoms with van der Waals surface area (Å²) in [5, 5.41) is 12.3. The minimum absolute atomic E-state index is 0.291. The monoisotopic (exact) mass is 130 g/mol. The number of aliphatic hydroxyl groups is 1. The van der Waals surface area contributed by atoms with E-state index in [4.69, 9.17) is 5.11 Å². The summed E-state index contributed by atoms with van der Waals surface area (Å²) in [7, 11) is 1.93. The van der Waals surface area contributed by atoms with E-state index in [0.29, 0.717) is 12.6 Å². The Kier molecular flexibility index (Phi) is 2.05. The lowest BCUT2D eigenvalue weighted by Gasteiger charge is -2.33. The quantitative estimate of drug-likeness (QED) is 0.452. The maximum atomic E-state index is 9.16. The molecule has 0 bridgehead atoms. The number of hydrogen-bond donors (Lipinski definition) is 2. The molecule has 54 valence electrons. The second kappa shape index (κ2) is 2.64. The van der Waals surface area contributed by atoms with Crippen LogP contribution >= 0.6 is 0 Å². The number of aliphatic hydroxyl groups excluding tert-OH is 1. The van der Waals surface area contributed by atoms with Crippen molar-refractivity contribution in [3.63, 3.8) is 0 Å². The van der Waals surface area contributed by atoms with Gasteiger partial charge in [-0.1, -0.05) is 0 Å². The summed E-state index contributed by atoms with van der Waals surface area (Å²) in [4.78, 5) is 1.95. The molecule has 0 aromatic rings. The van der Waals surface area contributed by atoms with E-state index in [1.165, 1.54) is 0 Å². The molecule has 0 saturated carbocycles. The number of nitrogens with one attached hydrogen (secondary N) is 1. The van der Waals surface area contributed by atoms with Gasteiger partial charge >= 0.3 is 0 Å². The van der Waals surface area contributed by atoms with Crippen molar-refractivity contribution in [2.75, 3.05) is 20.1 Å². The van der Waals surface area contributed by atoms with Crippen molar-refractivity contribution in [2.45, 2.75) is 19.2 Å². The van der Waals surface area contributed by atoms with E-state index in [-0.39, 0.29) is 6.23 Å². The Morgan fingerprint density at radius 1 is 1.67 bits per heavy atom. The van der Waals surface area contributed by atoms with E-state index in [0.717, 1.165) is 6.54 Å². The van der Waals surface area contributed by atoms with Crippen LogP contribution in [-0.4, -0.2) is 42.4 Å². The normalized spacial score (nSPS) is 39.0. The molecule has 1 rings (SSSR count). The third kappa shape index (κ3) is 1.64. The standard InChI is InChI=1S/C6H14N2O/c1-5-4-8(2)6(9)3-7-5/h5-7,9H,3-4H2,1-2H3. The molecule has 0 aliphatic carbocycles. The Morgan fingerprint density at radius 2 is 2.33 bits per heavy atom. The third-order valence-electron chi connectivity index (χ3n) is 1.72. The van der Waals surface area contributed by atoms with Crippen molar-refractivity contribution in [2.24, 2.45) is 0 Å². The van der Waals surface area contributed by atoms with Crippen LogP contribution in [0.4, 0.5) is 0 Å². The van der Waals surface area contributed by atoms with E-state index >= 15 is 0 Å². The highest BCUT2D eigenvalue weighted by Gasteiger charge is 2.19. The first kappa shape index (κ1) is 6.99. The van der Waals surface area contributed by atoms with Crippen LogP contribution in [0.2, 0.25) is 0 Å². The lowest BCUT2D eigenvalue weighted by atomic mass is 10.2. The topological polar surface area (TPSA) is 35.5 Å². The first-order chi connectivity index (χ1) is 4.20. The van der Waals surface area contributed by atoms with Gasteiger partial charge in [-0.3, -0.25) is 4.90 Å². The van der Waals surface area contributed by atoms with E-state index in [1.54, 1.807) is 0 Å². The van der Waals surface area contributed by atoms with E-state index in [1.807, 2.05) is 11.9 Å². The zero-order chi connectivity index (χ0) is 6.85. The SMILES string of the molecule is CC1CN(C)C(O)CN1. The van der Waals surface area contributed by atoms with Crippen LogP contribution in [0.15, 0.2) is 0 Å². The van der Waals surface area contributed by atoms with Crippen molar-refractivity contribution in [1.82, 2.24) is 10.2 Å². The second-order valence-corrected chi connectivity index (χ2v) is 2.73. The molecule has 1 aliphatic rings. The fraction of sp³-hybridized carbons (Fsp3) is 1.00. The lowest BCUT2D eigenvalue weighted by molar-refractivity contribution is -0.00607. The Balaban J connectivity index is 2.35. The van der Waals surface area contributed by atoms with Gasteiger partial charge in [0.05, 0.1) is 0 Å². The first-order valence-electron chi connectivity index (χ1n) is 3.32. The summed E-state index contributed by atoms with van der Waals surface area (Å²) in [6.45, 7) is 3.74. The van der Waals surface area contributed by atoms with Gasteiger partial charge in [-0.15, -0.1) is 0 Å². The number of β-amino-alcohol motifs (C(OH)–C–C–N with tert-alkyl or cyclic N) is 1. The molecule has 2 atom stereocenters. The predicted molar refractivity (Wildman–Crippen MR) is 36.1 cm³/mol. The second-order valence-electron chi connectivity index (χ2n) is 2.73. The first-order valence-corrected chi connectivity index (χ1v) is 3.32. The molecule has 9 heavy (non-hydrogen) atoms. The van der Waals surface area contributed by atoms with Gasteiger partial charge in [0.2, 0.25) is 0 Å². The predicted octanol–water partition coefficient (Wildman–Crippen LogP) is -0.772. The van der Waals surface area contributed by atoms with Gasteiger partial charge in [0, 0.05) is 19.1 Å². The van der Waals surface area contributed by atoms with Crippen LogP contribution in [0.25, 0.3) is 0 Å². The van der Waals surface area contributed by atoms with Crippen molar-refractivity contribution in [1.29, 1.82) is 0 Å². The Bertz CT molecular complexity index is 97.1. The largest absolute Gasteiger partial charge is 0.377 e. The van der Waals surface area contributed by atoms with Gasteiger partial charge < -0.3 is 10.4 Å². The molecule has 3 nitrogen and oxygen atoms in total. The van der Waals surface area contributed by atoms with Gasteiger partial charge in [-0.05, 0) is 14.0 Å². The van der Waals surface area contributed by atoms with Crippen LogP contribution in [0.5, 0.6) is 0 Å². The minimum atomic E-state index is -0.291. The summed E-state index contributed by atoms with van der Waals surface area (Å²) in [6, 6.07) is 0.512. The summed E-state index contributed by atoms with van der Waals surface area (Å²) in [5.41, 5.74) is 0. The molecule has 0 aromatic heterocycles. The molecule has 2 N–H and O–H groups in total. The molecule has 1 fully saturated rings. The molecule has 0 amide bonds. The van der Waals surface area contributed by atoms with E-state index < -0.39 is 0 Å². The van der Waals surface area contributed by atoms with Crippen molar-refractivity contribution >= 4 is 0 Å². The molecule has 2 unspecified atom stereocenters. The highest BCUT2D eigenvalue weighted by molar-refractivity contribution is 4.74. The van der Waals surface area contributed by atoms with Crippen LogP contribution < -0.4 is 5.32 Å². The molecule has 3 heteroatoms. The molecular weight excluding hydrogens is 116 g/mol. The Hall–Kier alpha value is -0.120. The Morgan fingerprint density at radius 3 is 2.78 bits per heavy atom. The smallest absolute Gasteiger partial charge is 0.119 e. The fourth-order valence-electron chi connectivity index (χ4n) is 1.08. The lowest BCUT2D eigenvalue weighted by Crippen LogP contribution is -2.53. The molecular formula is C6H14N2O. The average molecular weight is 130 g/mol. The molecule has 0 spiro atoms. The van der Waals surface area contributed by atoms with Crippen molar-refractivity contribution in [3.05, 3.63) is 0 Å². The zero-order valence-electron chi connectivity index (χ0n) is 5.96. The average Bonchev–Trinajstić information content (AvgIpc) is 1.80. The maximum Gasteiger partial charge on any atom is 0.119 e. The van der Waals surface area contributed by atoms with Gasteiger partial charge in [0.25, 0.3) is 0 Å². The molecule has 1 heterocycles. The van der Waals surface area contributed by atoms with E-state index in [2.05, 4.69) is 12.2 Å². The van der Waals surface area contributed by atoms with Gasteiger partial charge in [0.15, 0.2) is 0 Å². The van der Waals surface area contributed by atoms with Crippen molar-refractivity contribution in [3.8, 4) is 0 Å². The van der Waals surface area contributed by atoms with Gasteiger partial charge in [-0.2, -0.15) is 0 Å². The van der Waals surface area contributed by atoms with Gasteiger partial charge in [-0.25, -0.2) is 0 Å². The maximum absolute atomic E-state index is 9.16. The number of rotatable bonds is 0. The number of piperazine rings is 1. The summed E-state index contributed by atoms with van der Waals surface area (Å²) >= 11 is 0. The highest BCUT2D eigenvalue weighted by atomic mass is 16.3. The van der Waals surface area contributed by atoms with Gasteiger partial charge in [0.1, 0.15) is 6.23 Å². The van der Waals surface area contributed by atoms with Crippen molar-refractivity contribution < 1.29 is 5.11 Å². The molecule has 1 aliphatic heterocycles. The fourth-order valence-corrected chi connectivity index (χ4v) is 1.08.